The zero-order chi connectivity index (χ0) is 20.3. The second-order valence-corrected chi connectivity index (χ2v) is 10.0. The molecule has 1 aromatic carbocycles. The number of benzene rings is 1. The van der Waals surface area contributed by atoms with Gasteiger partial charge in [-0.25, -0.2) is 8.42 Å². The van der Waals surface area contributed by atoms with Crippen molar-refractivity contribution in [1.82, 2.24) is 9.21 Å². The number of halogens is 1. The number of sulfonamides is 1. The van der Waals surface area contributed by atoms with Crippen molar-refractivity contribution in [1.29, 1.82) is 0 Å². The molecule has 1 saturated heterocycles. The number of likely N-dealkylation sites (tertiary alicyclic amines) is 1. The van der Waals surface area contributed by atoms with Crippen LogP contribution in [0.4, 0.5) is 0 Å². The number of hydrogen-bond acceptors (Lipinski definition) is 4. The van der Waals surface area contributed by atoms with E-state index in [2.05, 4.69) is 11.0 Å². The molecule has 0 saturated carbocycles. The maximum atomic E-state index is 13.0. The fourth-order valence-corrected chi connectivity index (χ4v) is 5.71. The molecule has 1 N–H and O–H groups in total. The minimum atomic E-state index is -3.53. The van der Waals surface area contributed by atoms with Gasteiger partial charge >= 0.3 is 5.97 Å². The summed E-state index contributed by atoms with van der Waals surface area (Å²) in [5, 5.41) is 8.92. The van der Waals surface area contributed by atoms with Gasteiger partial charge in [0.15, 0.2) is 0 Å². The Hall–Kier alpha value is -1.41. The normalized spacial score (nSPS) is 25.1. The summed E-state index contributed by atoms with van der Waals surface area (Å²) in [5.74, 6) is -0.327. The van der Waals surface area contributed by atoms with Crippen molar-refractivity contribution in [2.75, 3.05) is 20.1 Å². The van der Waals surface area contributed by atoms with E-state index in [4.69, 9.17) is 5.11 Å². The SMILES string of the molecule is Cc1cccc(S(=O)(=O)N(C)[C@@H]2C=C[C@H](N3CCC[C@H](CCC(=O)O)C3)C2)c1.Cl. The molecule has 1 heterocycles. The van der Waals surface area contributed by atoms with Crippen LogP contribution in [0.2, 0.25) is 0 Å². The second kappa shape index (κ2) is 10.1. The Morgan fingerprint density at radius 1 is 1.31 bits per heavy atom. The van der Waals surface area contributed by atoms with Crippen LogP contribution in [0.3, 0.4) is 0 Å². The maximum Gasteiger partial charge on any atom is 0.303 e. The van der Waals surface area contributed by atoms with Crippen LogP contribution in [0.5, 0.6) is 0 Å². The predicted octanol–water partition coefficient (Wildman–Crippen LogP) is 3.31. The molecule has 0 amide bonds. The van der Waals surface area contributed by atoms with Gasteiger partial charge in [-0.3, -0.25) is 9.69 Å². The number of carboxylic acids is 1. The van der Waals surface area contributed by atoms with Crippen LogP contribution in [-0.4, -0.2) is 60.9 Å². The third kappa shape index (κ3) is 5.81. The molecular formula is C21H31ClN2O4S. The maximum absolute atomic E-state index is 13.0. The highest BCUT2D eigenvalue weighted by Gasteiger charge is 2.34. The highest BCUT2D eigenvalue weighted by Crippen LogP contribution is 2.29. The van der Waals surface area contributed by atoms with Crippen LogP contribution in [0.15, 0.2) is 41.3 Å². The number of rotatable bonds is 7. The van der Waals surface area contributed by atoms with Crippen molar-refractivity contribution < 1.29 is 18.3 Å². The third-order valence-corrected chi connectivity index (χ3v) is 7.84. The first-order valence-corrected chi connectivity index (χ1v) is 11.4. The molecule has 0 aromatic heterocycles. The molecule has 0 bridgehead atoms. The molecule has 1 aliphatic carbocycles. The van der Waals surface area contributed by atoms with Crippen LogP contribution in [0, 0.1) is 12.8 Å². The van der Waals surface area contributed by atoms with E-state index in [1.165, 1.54) is 4.31 Å². The fraction of sp³-hybridized carbons (Fsp3) is 0.571. The number of likely N-dealkylation sites (N-methyl/N-ethyl adjacent to an activating group) is 1. The zero-order valence-corrected chi connectivity index (χ0v) is 18.7. The summed E-state index contributed by atoms with van der Waals surface area (Å²) in [6.07, 6.45) is 7.94. The van der Waals surface area contributed by atoms with Crippen molar-refractivity contribution in [3.8, 4) is 0 Å². The number of carbonyl (C=O) groups is 1. The summed E-state index contributed by atoms with van der Waals surface area (Å²) < 4.78 is 27.4. The lowest BCUT2D eigenvalue weighted by molar-refractivity contribution is -0.137. The fourth-order valence-electron chi connectivity index (χ4n) is 4.28. The molecular weight excluding hydrogens is 412 g/mol. The Morgan fingerprint density at radius 2 is 2.07 bits per heavy atom. The van der Waals surface area contributed by atoms with E-state index in [0.717, 1.165) is 37.9 Å². The van der Waals surface area contributed by atoms with Crippen LogP contribution in [0.1, 0.15) is 37.7 Å². The summed E-state index contributed by atoms with van der Waals surface area (Å²) in [6, 6.07) is 7.07. The molecule has 0 unspecified atom stereocenters. The minimum Gasteiger partial charge on any atom is -0.481 e. The Balaban J connectivity index is 0.00000300. The molecule has 0 spiro atoms. The summed E-state index contributed by atoms with van der Waals surface area (Å²) in [4.78, 5) is 13.6. The van der Waals surface area contributed by atoms with Crippen molar-refractivity contribution in [2.24, 2.45) is 5.92 Å². The van der Waals surface area contributed by atoms with Gasteiger partial charge in [-0.2, -0.15) is 4.31 Å². The predicted molar refractivity (Wildman–Crippen MR) is 116 cm³/mol. The first-order chi connectivity index (χ1) is 13.3. The Kier molecular flexibility index (Phi) is 8.28. The molecule has 1 aromatic rings. The first kappa shape index (κ1) is 23.9. The molecule has 1 aliphatic heterocycles. The van der Waals surface area contributed by atoms with E-state index < -0.39 is 16.0 Å². The van der Waals surface area contributed by atoms with Crippen LogP contribution >= 0.6 is 12.4 Å². The third-order valence-electron chi connectivity index (χ3n) is 5.96. The monoisotopic (exact) mass is 442 g/mol. The number of aliphatic carboxylic acids is 1. The largest absolute Gasteiger partial charge is 0.481 e. The number of carboxylic acid groups (broad SMARTS) is 1. The van der Waals surface area contributed by atoms with E-state index in [1.54, 1.807) is 25.2 Å². The van der Waals surface area contributed by atoms with Gasteiger partial charge < -0.3 is 5.11 Å². The minimum absolute atomic E-state index is 0. The van der Waals surface area contributed by atoms with Gasteiger partial charge in [0.25, 0.3) is 0 Å². The number of piperidine rings is 1. The standard InChI is InChI=1S/C21H30N2O4S.ClH/c1-16-5-3-7-20(13-16)28(26,27)22(2)18-9-10-19(14-18)23-12-4-6-17(15-23)8-11-21(24)25;/h3,5,7,9-10,13,17-19H,4,6,8,11-12,14-15H2,1-2H3,(H,24,25);1H/t17-,18-,19+;/m1./s1. The number of hydrogen-bond donors (Lipinski definition) is 1. The average Bonchev–Trinajstić information content (AvgIpc) is 3.16. The van der Waals surface area contributed by atoms with Crippen LogP contribution in [-0.2, 0) is 14.8 Å². The van der Waals surface area contributed by atoms with E-state index in [1.807, 2.05) is 19.1 Å². The zero-order valence-electron chi connectivity index (χ0n) is 17.0. The van der Waals surface area contributed by atoms with Crippen molar-refractivity contribution in [2.45, 2.75) is 56.0 Å². The molecule has 0 radical (unpaired) electrons. The van der Waals surface area contributed by atoms with Gasteiger partial charge in [-0.15, -0.1) is 12.4 Å². The van der Waals surface area contributed by atoms with Crippen LogP contribution in [0.25, 0.3) is 0 Å². The smallest absolute Gasteiger partial charge is 0.303 e. The summed E-state index contributed by atoms with van der Waals surface area (Å²) >= 11 is 0. The summed E-state index contributed by atoms with van der Waals surface area (Å²) in [7, 11) is -1.88. The van der Waals surface area contributed by atoms with Gasteiger partial charge in [-0.1, -0.05) is 24.3 Å². The van der Waals surface area contributed by atoms with Gasteiger partial charge in [0.2, 0.25) is 10.0 Å². The lowest BCUT2D eigenvalue weighted by Gasteiger charge is -2.37. The molecule has 29 heavy (non-hydrogen) atoms. The summed E-state index contributed by atoms with van der Waals surface area (Å²) in [5.41, 5.74) is 0.926. The van der Waals surface area contributed by atoms with E-state index in [-0.39, 0.29) is 30.9 Å². The van der Waals surface area contributed by atoms with Crippen molar-refractivity contribution in [3.05, 3.63) is 42.0 Å². The quantitative estimate of drug-likeness (QED) is 0.655. The molecule has 3 atom stereocenters. The van der Waals surface area contributed by atoms with Gasteiger partial charge in [-0.05, 0) is 62.8 Å². The highest BCUT2D eigenvalue weighted by atomic mass is 35.5. The van der Waals surface area contributed by atoms with Crippen molar-refractivity contribution >= 4 is 28.4 Å². The summed E-state index contributed by atoms with van der Waals surface area (Å²) in [6.45, 7) is 3.77. The second-order valence-electron chi connectivity index (χ2n) is 8.03. The molecule has 3 rings (SSSR count). The van der Waals surface area contributed by atoms with E-state index in [9.17, 15) is 13.2 Å². The van der Waals surface area contributed by atoms with Gasteiger partial charge in [0, 0.05) is 32.1 Å². The van der Waals surface area contributed by atoms with Crippen LogP contribution < -0.4 is 0 Å². The van der Waals surface area contributed by atoms with Gasteiger partial charge in [0.05, 0.1) is 4.90 Å². The lowest BCUT2D eigenvalue weighted by Crippen LogP contribution is -2.43. The highest BCUT2D eigenvalue weighted by molar-refractivity contribution is 7.89. The number of aryl methyl sites for hydroxylation is 1. The molecule has 6 nitrogen and oxygen atoms in total. The Morgan fingerprint density at radius 3 is 2.76 bits per heavy atom. The Bertz CT molecular complexity index is 843. The van der Waals surface area contributed by atoms with Crippen molar-refractivity contribution in [3.63, 3.8) is 0 Å². The topological polar surface area (TPSA) is 77.9 Å². The van der Waals surface area contributed by atoms with E-state index in [0.29, 0.717) is 17.2 Å². The first-order valence-electron chi connectivity index (χ1n) is 9.96. The lowest BCUT2D eigenvalue weighted by atomic mass is 9.92. The Labute approximate surface area is 180 Å². The van der Waals surface area contributed by atoms with Gasteiger partial charge in [0.1, 0.15) is 0 Å². The molecule has 8 heteroatoms. The molecule has 1 fully saturated rings. The average molecular weight is 443 g/mol. The molecule has 2 aliphatic rings. The van der Waals surface area contributed by atoms with E-state index >= 15 is 0 Å². The molecule has 162 valence electrons. The number of nitrogens with zero attached hydrogens (tertiary/aromatic N) is 2.